The first-order valence-corrected chi connectivity index (χ1v) is 6.58. The minimum atomic E-state index is -2.95. The molecule has 0 aliphatic carbocycles. The van der Waals surface area contributed by atoms with Crippen LogP contribution >= 0.6 is 0 Å². The van der Waals surface area contributed by atoms with E-state index in [0.29, 0.717) is 18.8 Å². The summed E-state index contributed by atoms with van der Waals surface area (Å²) in [6.07, 6.45) is 1.93. The standard InChI is InChI=1S/C9H18O3S/c1-8(2)3-4-9(10)5-6-13(11,12)7-9/h8,10H,3-7H2,1-2H3. The molecule has 3 nitrogen and oxygen atoms in total. The Morgan fingerprint density at radius 3 is 2.46 bits per heavy atom. The van der Waals surface area contributed by atoms with E-state index >= 15 is 0 Å². The highest BCUT2D eigenvalue weighted by Gasteiger charge is 2.39. The van der Waals surface area contributed by atoms with Crippen LogP contribution in [0.15, 0.2) is 0 Å². The minimum absolute atomic E-state index is 0.0350. The van der Waals surface area contributed by atoms with E-state index in [4.69, 9.17) is 0 Å². The predicted molar refractivity (Wildman–Crippen MR) is 52.3 cm³/mol. The molecule has 0 aromatic carbocycles. The molecule has 0 spiro atoms. The Hall–Kier alpha value is -0.0900. The van der Waals surface area contributed by atoms with Crippen molar-refractivity contribution in [2.75, 3.05) is 11.5 Å². The second kappa shape index (κ2) is 3.58. The summed E-state index contributed by atoms with van der Waals surface area (Å²) in [5.74, 6) is 0.640. The van der Waals surface area contributed by atoms with Crippen LogP contribution in [0.2, 0.25) is 0 Å². The lowest BCUT2D eigenvalue weighted by atomic mass is 9.93. The topological polar surface area (TPSA) is 54.4 Å². The van der Waals surface area contributed by atoms with Gasteiger partial charge in [0.05, 0.1) is 17.1 Å². The molecule has 0 saturated carbocycles. The van der Waals surface area contributed by atoms with Gasteiger partial charge < -0.3 is 5.11 Å². The maximum atomic E-state index is 11.1. The summed E-state index contributed by atoms with van der Waals surface area (Å²) >= 11 is 0. The molecule has 78 valence electrons. The number of aliphatic hydroxyl groups is 1. The number of sulfone groups is 1. The third-order valence-corrected chi connectivity index (χ3v) is 4.36. The maximum Gasteiger partial charge on any atom is 0.153 e. The van der Waals surface area contributed by atoms with Gasteiger partial charge in [-0.2, -0.15) is 0 Å². The van der Waals surface area contributed by atoms with Gasteiger partial charge in [0.25, 0.3) is 0 Å². The lowest BCUT2D eigenvalue weighted by Gasteiger charge is -2.21. The molecule has 13 heavy (non-hydrogen) atoms. The van der Waals surface area contributed by atoms with Crippen LogP contribution in [-0.2, 0) is 9.84 Å². The van der Waals surface area contributed by atoms with E-state index in [2.05, 4.69) is 13.8 Å². The van der Waals surface area contributed by atoms with Gasteiger partial charge >= 0.3 is 0 Å². The average molecular weight is 206 g/mol. The molecule has 1 heterocycles. The fourth-order valence-electron chi connectivity index (χ4n) is 1.65. The van der Waals surface area contributed by atoms with E-state index in [-0.39, 0.29) is 11.5 Å². The molecule has 1 rings (SSSR count). The number of rotatable bonds is 3. The maximum absolute atomic E-state index is 11.1. The first kappa shape index (κ1) is 11.0. The largest absolute Gasteiger partial charge is 0.389 e. The van der Waals surface area contributed by atoms with Crippen molar-refractivity contribution in [2.45, 2.75) is 38.7 Å². The smallest absolute Gasteiger partial charge is 0.153 e. The van der Waals surface area contributed by atoms with Gasteiger partial charge in [0, 0.05) is 0 Å². The van der Waals surface area contributed by atoms with Gasteiger partial charge in [0.1, 0.15) is 0 Å². The number of hydrogen-bond acceptors (Lipinski definition) is 3. The van der Waals surface area contributed by atoms with Gasteiger partial charge in [-0.15, -0.1) is 0 Å². The second-order valence-corrected chi connectivity index (χ2v) is 6.68. The van der Waals surface area contributed by atoms with Gasteiger partial charge in [-0.05, 0) is 25.2 Å². The molecule has 1 atom stereocenters. The Bertz CT molecular complexity index is 269. The van der Waals surface area contributed by atoms with Crippen LogP contribution in [0.25, 0.3) is 0 Å². The predicted octanol–water partition coefficient (Wildman–Crippen LogP) is 0.972. The molecule has 1 saturated heterocycles. The van der Waals surface area contributed by atoms with Crippen LogP contribution < -0.4 is 0 Å². The van der Waals surface area contributed by atoms with E-state index in [1.165, 1.54) is 0 Å². The summed E-state index contributed by atoms with van der Waals surface area (Å²) in [6.45, 7) is 4.15. The van der Waals surface area contributed by atoms with Crippen molar-refractivity contribution < 1.29 is 13.5 Å². The van der Waals surface area contributed by atoms with Crippen molar-refractivity contribution in [1.82, 2.24) is 0 Å². The zero-order chi connectivity index (χ0) is 10.1. The third kappa shape index (κ3) is 3.27. The van der Waals surface area contributed by atoms with Crippen molar-refractivity contribution in [1.29, 1.82) is 0 Å². The highest BCUT2D eigenvalue weighted by atomic mass is 32.2. The summed E-state index contributed by atoms with van der Waals surface area (Å²) < 4.78 is 22.3. The Morgan fingerprint density at radius 2 is 2.08 bits per heavy atom. The highest BCUT2D eigenvalue weighted by molar-refractivity contribution is 7.91. The lowest BCUT2D eigenvalue weighted by molar-refractivity contribution is 0.0528. The Kier molecular flexibility index (Phi) is 3.02. The molecule has 1 N–H and O–H groups in total. The first-order chi connectivity index (χ1) is 5.83. The molecule has 0 aromatic heterocycles. The molecule has 0 amide bonds. The zero-order valence-corrected chi connectivity index (χ0v) is 9.10. The van der Waals surface area contributed by atoms with E-state index in [9.17, 15) is 13.5 Å². The van der Waals surface area contributed by atoms with Crippen LogP contribution in [-0.4, -0.2) is 30.6 Å². The second-order valence-electron chi connectivity index (χ2n) is 4.50. The number of hydrogen-bond donors (Lipinski definition) is 1. The SMILES string of the molecule is CC(C)CCC1(O)CCS(=O)(=O)C1. The van der Waals surface area contributed by atoms with Gasteiger partial charge in [0.15, 0.2) is 9.84 Å². The van der Waals surface area contributed by atoms with Crippen molar-refractivity contribution in [2.24, 2.45) is 5.92 Å². The van der Waals surface area contributed by atoms with Crippen molar-refractivity contribution in [3.8, 4) is 0 Å². The molecule has 1 aliphatic heterocycles. The third-order valence-electron chi connectivity index (χ3n) is 2.55. The van der Waals surface area contributed by atoms with Crippen molar-refractivity contribution >= 4 is 9.84 Å². The molecule has 1 unspecified atom stereocenters. The van der Waals surface area contributed by atoms with Crippen LogP contribution in [0.3, 0.4) is 0 Å². The van der Waals surface area contributed by atoms with Gasteiger partial charge in [0.2, 0.25) is 0 Å². The zero-order valence-electron chi connectivity index (χ0n) is 8.28. The molecule has 0 aromatic rings. The molecular weight excluding hydrogens is 188 g/mol. The Morgan fingerprint density at radius 1 is 1.46 bits per heavy atom. The van der Waals surface area contributed by atoms with Crippen LogP contribution in [0.1, 0.15) is 33.1 Å². The van der Waals surface area contributed by atoms with Crippen LogP contribution in [0.5, 0.6) is 0 Å². The minimum Gasteiger partial charge on any atom is -0.389 e. The fourth-order valence-corrected chi connectivity index (χ4v) is 3.60. The highest BCUT2D eigenvalue weighted by Crippen LogP contribution is 2.28. The molecule has 1 aliphatic rings. The van der Waals surface area contributed by atoms with Crippen molar-refractivity contribution in [3.63, 3.8) is 0 Å². The summed E-state index contributed by atoms with van der Waals surface area (Å²) in [5, 5.41) is 9.90. The molecular formula is C9H18O3S. The van der Waals surface area contributed by atoms with Crippen LogP contribution in [0, 0.1) is 5.92 Å². The monoisotopic (exact) mass is 206 g/mol. The summed E-state index contributed by atoms with van der Waals surface area (Å²) in [5.41, 5.74) is -0.927. The average Bonchev–Trinajstić information content (AvgIpc) is 2.23. The van der Waals surface area contributed by atoms with Gasteiger partial charge in [-0.3, -0.25) is 0 Å². The Labute approximate surface area is 80.1 Å². The van der Waals surface area contributed by atoms with E-state index in [0.717, 1.165) is 6.42 Å². The molecule has 0 bridgehead atoms. The van der Waals surface area contributed by atoms with Crippen molar-refractivity contribution in [3.05, 3.63) is 0 Å². The van der Waals surface area contributed by atoms with Crippen LogP contribution in [0.4, 0.5) is 0 Å². The van der Waals surface area contributed by atoms with E-state index < -0.39 is 15.4 Å². The van der Waals surface area contributed by atoms with E-state index in [1.807, 2.05) is 0 Å². The first-order valence-electron chi connectivity index (χ1n) is 4.76. The van der Waals surface area contributed by atoms with Gasteiger partial charge in [-0.1, -0.05) is 13.8 Å². The van der Waals surface area contributed by atoms with Gasteiger partial charge in [-0.25, -0.2) is 8.42 Å². The Balaban J connectivity index is 2.50. The molecule has 4 heteroatoms. The fraction of sp³-hybridized carbons (Fsp3) is 1.00. The van der Waals surface area contributed by atoms with E-state index in [1.54, 1.807) is 0 Å². The summed E-state index contributed by atoms with van der Waals surface area (Å²) in [6, 6.07) is 0. The molecule has 0 radical (unpaired) electrons. The normalized spacial score (nSPS) is 32.6. The summed E-state index contributed by atoms with van der Waals surface area (Å²) in [4.78, 5) is 0. The lowest BCUT2D eigenvalue weighted by Crippen LogP contribution is -2.30. The molecule has 1 fully saturated rings. The summed E-state index contributed by atoms with van der Waals surface area (Å²) in [7, 11) is -2.95. The quantitative estimate of drug-likeness (QED) is 0.748.